The van der Waals surface area contributed by atoms with Crippen LogP contribution in [0.25, 0.3) is 11.2 Å². The Hall–Kier alpha value is -4.46. The van der Waals surface area contributed by atoms with Gasteiger partial charge in [-0.05, 0) is 11.1 Å². The predicted octanol–water partition coefficient (Wildman–Crippen LogP) is 0.424. The number of carboxylic acids is 1. The van der Waals surface area contributed by atoms with Crippen LogP contribution in [0.15, 0.2) is 30.6 Å². The largest absolute Gasteiger partial charge is 0.481 e. The van der Waals surface area contributed by atoms with E-state index in [1.54, 1.807) is 7.05 Å². The van der Waals surface area contributed by atoms with E-state index >= 15 is 0 Å². The van der Waals surface area contributed by atoms with Gasteiger partial charge in [0, 0.05) is 20.0 Å². The smallest absolute Gasteiger partial charge is 0.303 e. The Kier molecular flexibility index (Phi) is 19.0. The fourth-order valence-electron chi connectivity index (χ4n) is 4.29. The molecule has 50 heavy (non-hydrogen) atoms. The van der Waals surface area contributed by atoms with Crippen LogP contribution in [0.3, 0.4) is 0 Å². The van der Waals surface area contributed by atoms with Gasteiger partial charge >= 0.3 is 5.97 Å². The Balaban J connectivity index is 1.15. The number of carboxylic acid groups (broad SMARTS) is 1. The van der Waals surface area contributed by atoms with Gasteiger partial charge in [0.2, 0.25) is 23.6 Å². The zero-order chi connectivity index (χ0) is 35.8. The maximum atomic E-state index is 12.6. The third-order valence-electron chi connectivity index (χ3n) is 6.87. The molecule has 1 atom stereocenters. The number of imidazole rings is 1. The summed E-state index contributed by atoms with van der Waals surface area (Å²) in [5, 5.41) is 13.8. The lowest BCUT2D eigenvalue weighted by Gasteiger charge is -2.17. The van der Waals surface area contributed by atoms with Crippen LogP contribution in [0.5, 0.6) is 5.88 Å². The summed E-state index contributed by atoms with van der Waals surface area (Å²) in [4.78, 5) is 49.6. The number of nitrogens with two attached hydrogens (primary N) is 1. The van der Waals surface area contributed by atoms with Gasteiger partial charge in [0.05, 0.1) is 97.9 Å². The third-order valence-corrected chi connectivity index (χ3v) is 6.87. The number of benzene rings is 1. The highest BCUT2D eigenvalue weighted by Gasteiger charge is 2.20. The maximum Gasteiger partial charge on any atom is 0.303 e. The first kappa shape index (κ1) is 40.0. The molecule has 2 amide bonds. The molecule has 1 unspecified atom stereocenters. The highest BCUT2D eigenvalue weighted by Crippen LogP contribution is 2.22. The Bertz CT molecular complexity index is 1430. The number of carbonyl (C=O) groups is 3. The van der Waals surface area contributed by atoms with Gasteiger partial charge in [-0.25, -0.2) is 4.98 Å². The summed E-state index contributed by atoms with van der Waals surface area (Å²) in [7, 11) is 1.59. The van der Waals surface area contributed by atoms with E-state index in [4.69, 9.17) is 44.0 Å². The van der Waals surface area contributed by atoms with E-state index in [0.29, 0.717) is 96.3 Å². The number of H-pyrrole nitrogens is 1. The van der Waals surface area contributed by atoms with Crippen molar-refractivity contribution in [2.75, 3.05) is 98.6 Å². The zero-order valence-electron chi connectivity index (χ0n) is 28.2. The number of anilines is 1. The van der Waals surface area contributed by atoms with Crippen molar-refractivity contribution in [1.29, 1.82) is 0 Å². The first-order valence-corrected chi connectivity index (χ1v) is 16.2. The monoisotopic (exact) mass is 705 g/mol. The van der Waals surface area contributed by atoms with Gasteiger partial charge in [0.1, 0.15) is 12.1 Å². The number of hydrogen-bond acceptors (Lipinski definition) is 14. The van der Waals surface area contributed by atoms with Crippen molar-refractivity contribution in [3.05, 3.63) is 41.7 Å². The average molecular weight is 706 g/mol. The molecular formula is C32H47N7O11. The van der Waals surface area contributed by atoms with E-state index in [-0.39, 0.29) is 43.8 Å². The minimum Gasteiger partial charge on any atom is -0.481 e. The number of fused-ring (bicyclic) bond motifs is 1. The van der Waals surface area contributed by atoms with Gasteiger partial charge in [-0.1, -0.05) is 24.3 Å². The highest BCUT2D eigenvalue weighted by molar-refractivity contribution is 5.83. The van der Waals surface area contributed by atoms with Gasteiger partial charge in [-0.3, -0.25) is 14.4 Å². The summed E-state index contributed by atoms with van der Waals surface area (Å²) in [6.07, 6.45) is 1.26. The quantitative estimate of drug-likeness (QED) is 0.0644. The second-order valence-electron chi connectivity index (χ2n) is 10.6. The Morgan fingerprint density at radius 3 is 1.98 bits per heavy atom. The predicted molar refractivity (Wildman–Crippen MR) is 178 cm³/mol. The third kappa shape index (κ3) is 15.8. The molecule has 0 bridgehead atoms. The summed E-state index contributed by atoms with van der Waals surface area (Å²) in [5.41, 5.74) is 8.41. The fourth-order valence-corrected chi connectivity index (χ4v) is 4.29. The van der Waals surface area contributed by atoms with Crippen LogP contribution in [0, 0.1) is 0 Å². The molecule has 0 spiro atoms. The number of hydrogen-bond donors (Lipinski definition) is 5. The molecule has 0 aliphatic rings. The van der Waals surface area contributed by atoms with Gasteiger partial charge in [0.15, 0.2) is 5.65 Å². The van der Waals surface area contributed by atoms with Gasteiger partial charge in [0.25, 0.3) is 0 Å². The number of nitrogens with one attached hydrogen (secondary N) is 3. The standard InChI is InChI=1S/C32H47N7O11/c1-34-30(43)25(24-4-2-23(3-5-24)20-50-31-28-29(37-22-36-28)38-32(33)39-31)21-49-19-18-48-17-16-47-15-14-46-13-12-45-11-10-44-9-8-35-26(40)6-7-27(41)42/h2-5,22,25H,6-21H2,1H3,(H,34,43)(H,35,40)(H,41,42)(H3,33,36,37,38,39). The van der Waals surface area contributed by atoms with Crippen LogP contribution >= 0.6 is 0 Å². The Morgan fingerprint density at radius 2 is 1.40 bits per heavy atom. The molecule has 0 fully saturated rings. The number of aliphatic carboxylic acids is 1. The van der Waals surface area contributed by atoms with Crippen LogP contribution in [0.2, 0.25) is 0 Å². The minimum absolute atomic E-state index is 0.0470. The summed E-state index contributed by atoms with van der Waals surface area (Å²) in [6.45, 7) is 4.99. The molecule has 3 aromatic rings. The van der Waals surface area contributed by atoms with E-state index in [1.165, 1.54) is 6.33 Å². The number of ether oxygens (including phenoxy) is 7. The molecule has 0 aliphatic heterocycles. The normalized spacial score (nSPS) is 11.8. The van der Waals surface area contributed by atoms with Crippen LogP contribution in [-0.2, 0) is 49.4 Å². The molecular weight excluding hydrogens is 658 g/mol. The van der Waals surface area contributed by atoms with E-state index in [9.17, 15) is 14.4 Å². The van der Waals surface area contributed by atoms with E-state index < -0.39 is 11.9 Å². The lowest BCUT2D eigenvalue weighted by Crippen LogP contribution is -2.29. The first-order valence-electron chi connectivity index (χ1n) is 16.2. The number of amides is 2. The molecule has 18 heteroatoms. The van der Waals surface area contributed by atoms with Crippen molar-refractivity contribution in [3.63, 3.8) is 0 Å². The zero-order valence-corrected chi connectivity index (χ0v) is 28.2. The van der Waals surface area contributed by atoms with Gasteiger partial charge in [-0.15, -0.1) is 0 Å². The van der Waals surface area contributed by atoms with Crippen LogP contribution in [0.4, 0.5) is 5.95 Å². The number of aromatic nitrogens is 4. The van der Waals surface area contributed by atoms with Gasteiger partial charge in [-0.2, -0.15) is 9.97 Å². The van der Waals surface area contributed by atoms with Crippen molar-refractivity contribution in [2.45, 2.75) is 25.4 Å². The number of rotatable bonds is 28. The molecule has 0 saturated carbocycles. The number of carbonyl (C=O) groups excluding carboxylic acids is 2. The summed E-state index contributed by atoms with van der Waals surface area (Å²) >= 11 is 0. The average Bonchev–Trinajstić information content (AvgIpc) is 3.59. The SMILES string of the molecule is CNC(=O)C(COCCOCCOCCOCCOCCOCCNC(=O)CCC(=O)O)c1ccc(COc2nc(N)nc3nc[nH]c23)cc1. The van der Waals surface area contributed by atoms with Crippen molar-refractivity contribution in [3.8, 4) is 5.88 Å². The van der Waals surface area contributed by atoms with E-state index in [1.807, 2.05) is 24.3 Å². The number of nitrogens with zero attached hydrogens (tertiary/aromatic N) is 3. The summed E-state index contributed by atoms with van der Waals surface area (Å²) in [6, 6.07) is 7.49. The molecule has 276 valence electrons. The van der Waals surface area contributed by atoms with E-state index in [2.05, 4.69) is 30.6 Å². The lowest BCUT2D eigenvalue weighted by molar-refractivity contribution is -0.138. The first-order chi connectivity index (χ1) is 24.4. The molecule has 18 nitrogen and oxygen atoms in total. The molecule has 0 radical (unpaired) electrons. The second-order valence-corrected chi connectivity index (χ2v) is 10.6. The molecule has 2 aromatic heterocycles. The van der Waals surface area contributed by atoms with Crippen molar-refractivity contribution in [2.24, 2.45) is 0 Å². The second kappa shape index (κ2) is 23.8. The topological polar surface area (TPSA) is 241 Å². The Labute approximate surface area is 289 Å². The highest BCUT2D eigenvalue weighted by atomic mass is 16.6. The summed E-state index contributed by atoms with van der Waals surface area (Å²) < 4.78 is 38.8. The molecule has 0 aliphatic carbocycles. The van der Waals surface area contributed by atoms with Crippen LogP contribution in [0.1, 0.15) is 29.9 Å². The van der Waals surface area contributed by atoms with Crippen molar-refractivity contribution in [1.82, 2.24) is 30.6 Å². The van der Waals surface area contributed by atoms with Crippen LogP contribution in [-0.4, -0.2) is 136 Å². The molecule has 0 saturated heterocycles. The maximum absolute atomic E-state index is 12.6. The van der Waals surface area contributed by atoms with Crippen LogP contribution < -0.4 is 21.1 Å². The van der Waals surface area contributed by atoms with Crippen molar-refractivity contribution >= 4 is 34.9 Å². The molecule has 3 rings (SSSR count). The summed E-state index contributed by atoms with van der Waals surface area (Å²) in [5.74, 6) is -1.59. The molecule has 1 aromatic carbocycles. The lowest BCUT2D eigenvalue weighted by atomic mass is 9.98. The molecule has 6 N–H and O–H groups in total. The molecule has 2 heterocycles. The minimum atomic E-state index is -1.00. The van der Waals surface area contributed by atoms with Gasteiger partial charge < -0.3 is 59.6 Å². The number of aromatic amines is 1. The number of nitrogen functional groups attached to an aromatic ring is 1. The fraction of sp³-hybridized carbons (Fsp3) is 0.562. The van der Waals surface area contributed by atoms with Crippen molar-refractivity contribution < 1.29 is 52.6 Å². The van der Waals surface area contributed by atoms with E-state index in [0.717, 1.165) is 11.1 Å². The number of likely N-dealkylation sites (N-methyl/N-ethyl adjacent to an activating group) is 1. The Morgan fingerprint density at radius 1 is 0.820 bits per heavy atom.